The Morgan fingerprint density at radius 2 is 2.23 bits per heavy atom. The molecule has 1 N–H and O–H groups in total. The first-order valence-corrected chi connectivity index (χ1v) is 10.2. The van der Waals surface area contributed by atoms with Crippen LogP contribution in [-0.2, 0) is 11.3 Å². The predicted octanol–water partition coefficient (Wildman–Crippen LogP) is 3.66. The van der Waals surface area contributed by atoms with Crippen molar-refractivity contribution in [3.63, 3.8) is 0 Å². The molecule has 0 saturated carbocycles. The molecule has 0 saturated heterocycles. The third kappa shape index (κ3) is 3.57. The molecule has 6 nitrogen and oxygen atoms in total. The summed E-state index contributed by atoms with van der Waals surface area (Å²) >= 11 is 2.80. The highest BCUT2D eigenvalue weighted by Gasteiger charge is 2.18. The van der Waals surface area contributed by atoms with Gasteiger partial charge in [0.1, 0.15) is 10.6 Å². The van der Waals surface area contributed by atoms with Crippen molar-refractivity contribution in [1.82, 2.24) is 14.9 Å². The van der Waals surface area contributed by atoms with E-state index in [1.54, 1.807) is 16.9 Å². The molecule has 26 heavy (non-hydrogen) atoms. The standard InChI is InChI=1S/C18H21N3O3S2/c1-5-21-17(23)15-10(2)12(4)26-16(15)20-18(21)25-9-14(22)19-11(3)13-7-6-8-24-13/h6-8,11H,5,9H2,1-4H3,(H,19,22)/t11-/m1/s1. The molecule has 0 spiro atoms. The van der Waals surface area contributed by atoms with E-state index in [4.69, 9.17) is 4.42 Å². The Balaban J connectivity index is 1.78. The summed E-state index contributed by atoms with van der Waals surface area (Å²) in [6, 6.07) is 3.41. The number of thioether (sulfide) groups is 1. The zero-order valence-electron chi connectivity index (χ0n) is 15.2. The van der Waals surface area contributed by atoms with Gasteiger partial charge in [0.05, 0.1) is 23.4 Å². The summed E-state index contributed by atoms with van der Waals surface area (Å²) in [4.78, 5) is 31.5. The van der Waals surface area contributed by atoms with E-state index in [9.17, 15) is 9.59 Å². The van der Waals surface area contributed by atoms with Crippen molar-refractivity contribution < 1.29 is 9.21 Å². The normalized spacial score (nSPS) is 12.5. The van der Waals surface area contributed by atoms with Gasteiger partial charge in [0.2, 0.25) is 5.91 Å². The second-order valence-corrected chi connectivity index (χ2v) is 8.15. The van der Waals surface area contributed by atoms with E-state index in [1.807, 2.05) is 33.8 Å². The molecular weight excluding hydrogens is 370 g/mol. The number of rotatable bonds is 6. The molecular formula is C18H21N3O3S2. The van der Waals surface area contributed by atoms with Crippen LogP contribution in [0.15, 0.2) is 32.8 Å². The van der Waals surface area contributed by atoms with Crippen molar-refractivity contribution in [3.8, 4) is 0 Å². The number of thiophene rings is 1. The summed E-state index contributed by atoms with van der Waals surface area (Å²) in [5.41, 5.74) is 0.956. The van der Waals surface area contributed by atoms with E-state index in [2.05, 4.69) is 10.3 Å². The Kier molecular flexibility index (Phi) is 5.52. The van der Waals surface area contributed by atoms with E-state index < -0.39 is 0 Å². The maximum atomic E-state index is 12.8. The molecule has 8 heteroatoms. The van der Waals surface area contributed by atoms with Crippen LogP contribution in [0.4, 0.5) is 0 Å². The van der Waals surface area contributed by atoms with Gasteiger partial charge >= 0.3 is 0 Å². The fourth-order valence-electron chi connectivity index (χ4n) is 2.72. The molecule has 1 amide bonds. The molecule has 3 aromatic heterocycles. The molecule has 0 radical (unpaired) electrons. The van der Waals surface area contributed by atoms with Gasteiger partial charge in [0.25, 0.3) is 5.56 Å². The quantitative estimate of drug-likeness (QED) is 0.513. The third-order valence-electron chi connectivity index (χ3n) is 4.25. The SMILES string of the molecule is CCn1c(SCC(=O)N[C@H](C)c2ccco2)nc2sc(C)c(C)c2c1=O. The van der Waals surface area contributed by atoms with Crippen molar-refractivity contribution in [3.05, 3.63) is 45.0 Å². The predicted molar refractivity (Wildman–Crippen MR) is 105 cm³/mol. The minimum Gasteiger partial charge on any atom is -0.467 e. The molecule has 0 fully saturated rings. The summed E-state index contributed by atoms with van der Waals surface area (Å²) < 4.78 is 6.93. The Hall–Kier alpha value is -2.06. The lowest BCUT2D eigenvalue weighted by Crippen LogP contribution is -2.28. The largest absolute Gasteiger partial charge is 0.467 e. The fourth-order valence-corrected chi connectivity index (χ4v) is 4.66. The summed E-state index contributed by atoms with van der Waals surface area (Å²) in [6.07, 6.45) is 1.58. The second kappa shape index (κ2) is 7.67. The minimum atomic E-state index is -0.204. The average Bonchev–Trinajstić information content (AvgIpc) is 3.22. The molecule has 138 valence electrons. The van der Waals surface area contributed by atoms with Crippen LogP contribution in [0.5, 0.6) is 0 Å². The molecule has 0 aliphatic rings. The lowest BCUT2D eigenvalue weighted by atomic mass is 10.2. The number of furan rings is 1. The molecule has 0 bridgehead atoms. The maximum absolute atomic E-state index is 12.8. The Morgan fingerprint density at radius 1 is 1.46 bits per heavy atom. The summed E-state index contributed by atoms with van der Waals surface area (Å²) in [5.74, 6) is 0.763. The van der Waals surface area contributed by atoms with Crippen molar-refractivity contribution in [2.45, 2.75) is 45.4 Å². The lowest BCUT2D eigenvalue weighted by Gasteiger charge is -2.12. The van der Waals surface area contributed by atoms with Crippen molar-refractivity contribution in [2.75, 3.05) is 5.75 Å². The van der Waals surface area contributed by atoms with Crippen LogP contribution >= 0.6 is 23.1 Å². The highest BCUT2D eigenvalue weighted by atomic mass is 32.2. The summed E-state index contributed by atoms with van der Waals surface area (Å²) in [6.45, 7) is 8.24. The van der Waals surface area contributed by atoms with E-state index in [0.29, 0.717) is 22.8 Å². The Labute approximate surface area is 159 Å². The van der Waals surface area contributed by atoms with Crippen LogP contribution in [0, 0.1) is 13.8 Å². The summed E-state index contributed by atoms with van der Waals surface area (Å²) in [5, 5.41) is 4.15. The van der Waals surface area contributed by atoms with Gasteiger partial charge in [-0.3, -0.25) is 14.2 Å². The van der Waals surface area contributed by atoms with Gasteiger partial charge in [-0.25, -0.2) is 4.98 Å². The first kappa shape index (κ1) is 18.7. The fraction of sp³-hybridized carbons (Fsp3) is 0.389. The molecule has 3 aromatic rings. The summed E-state index contributed by atoms with van der Waals surface area (Å²) in [7, 11) is 0. The van der Waals surface area contributed by atoms with Gasteiger partial charge < -0.3 is 9.73 Å². The maximum Gasteiger partial charge on any atom is 0.263 e. The number of amides is 1. The lowest BCUT2D eigenvalue weighted by molar-refractivity contribution is -0.119. The first-order valence-electron chi connectivity index (χ1n) is 8.38. The number of hydrogen-bond donors (Lipinski definition) is 1. The van der Waals surface area contributed by atoms with E-state index in [0.717, 1.165) is 15.3 Å². The number of carbonyl (C=O) groups is 1. The van der Waals surface area contributed by atoms with Crippen molar-refractivity contribution in [2.24, 2.45) is 0 Å². The highest BCUT2D eigenvalue weighted by Crippen LogP contribution is 2.28. The first-order chi connectivity index (χ1) is 12.4. The van der Waals surface area contributed by atoms with Crippen molar-refractivity contribution >= 4 is 39.2 Å². The molecule has 0 unspecified atom stereocenters. The minimum absolute atomic E-state index is 0.0359. The van der Waals surface area contributed by atoms with Crippen LogP contribution in [0.2, 0.25) is 0 Å². The Bertz CT molecular complexity index is 989. The van der Waals surface area contributed by atoms with Gasteiger partial charge in [0.15, 0.2) is 5.16 Å². The second-order valence-electron chi connectivity index (χ2n) is 6.00. The number of carbonyl (C=O) groups excluding carboxylic acids is 1. The Morgan fingerprint density at radius 3 is 2.88 bits per heavy atom. The van der Waals surface area contributed by atoms with Gasteiger partial charge in [-0.15, -0.1) is 11.3 Å². The molecule has 3 rings (SSSR count). The van der Waals surface area contributed by atoms with Crippen LogP contribution in [0.25, 0.3) is 10.2 Å². The smallest absolute Gasteiger partial charge is 0.263 e. The zero-order valence-corrected chi connectivity index (χ0v) is 16.8. The van der Waals surface area contributed by atoms with Gasteiger partial charge in [-0.1, -0.05) is 11.8 Å². The number of nitrogens with one attached hydrogen (secondary N) is 1. The van der Waals surface area contributed by atoms with Crippen LogP contribution in [-0.4, -0.2) is 21.2 Å². The average molecular weight is 392 g/mol. The number of aromatic nitrogens is 2. The van der Waals surface area contributed by atoms with Gasteiger partial charge in [-0.2, -0.15) is 0 Å². The van der Waals surface area contributed by atoms with Crippen LogP contribution in [0.1, 0.15) is 36.1 Å². The van der Waals surface area contributed by atoms with E-state index >= 15 is 0 Å². The topological polar surface area (TPSA) is 77.1 Å². The van der Waals surface area contributed by atoms with Gasteiger partial charge in [-0.05, 0) is 45.4 Å². The van der Waals surface area contributed by atoms with Crippen LogP contribution < -0.4 is 10.9 Å². The number of fused-ring (bicyclic) bond motifs is 1. The van der Waals surface area contributed by atoms with Gasteiger partial charge in [0, 0.05) is 11.4 Å². The molecule has 1 atom stereocenters. The number of hydrogen-bond acceptors (Lipinski definition) is 6. The van der Waals surface area contributed by atoms with E-state index in [1.165, 1.54) is 23.1 Å². The highest BCUT2D eigenvalue weighted by molar-refractivity contribution is 7.99. The zero-order chi connectivity index (χ0) is 18.8. The molecule has 0 aromatic carbocycles. The van der Waals surface area contributed by atoms with E-state index in [-0.39, 0.29) is 23.3 Å². The van der Waals surface area contributed by atoms with Crippen LogP contribution in [0.3, 0.4) is 0 Å². The number of aryl methyl sites for hydroxylation is 2. The molecule has 0 aliphatic carbocycles. The molecule has 3 heterocycles. The number of nitrogens with zero attached hydrogens (tertiary/aromatic N) is 2. The third-order valence-corrected chi connectivity index (χ3v) is 6.33. The molecule has 0 aliphatic heterocycles. The van der Waals surface area contributed by atoms with Crippen molar-refractivity contribution in [1.29, 1.82) is 0 Å². The monoisotopic (exact) mass is 391 g/mol.